The van der Waals surface area contributed by atoms with Crippen LogP contribution in [0.3, 0.4) is 0 Å². The SMILES string of the molecule is O=S(=O)(NCc1ccc(Br)s1)c1cc(CO)sc1Br. The van der Waals surface area contributed by atoms with Gasteiger partial charge in [-0.1, -0.05) is 0 Å². The molecule has 0 aliphatic heterocycles. The second-order valence-electron chi connectivity index (χ2n) is 3.54. The summed E-state index contributed by atoms with van der Waals surface area (Å²) < 4.78 is 28.3. The second kappa shape index (κ2) is 6.33. The first-order valence-electron chi connectivity index (χ1n) is 5.05. The minimum atomic E-state index is -3.58. The van der Waals surface area contributed by atoms with Crippen LogP contribution in [0.5, 0.6) is 0 Å². The van der Waals surface area contributed by atoms with E-state index in [0.717, 1.165) is 8.66 Å². The summed E-state index contributed by atoms with van der Waals surface area (Å²) in [5.41, 5.74) is 0. The average molecular weight is 447 g/mol. The van der Waals surface area contributed by atoms with Crippen LogP contribution in [0.25, 0.3) is 0 Å². The maximum Gasteiger partial charge on any atom is 0.242 e. The van der Waals surface area contributed by atoms with E-state index in [4.69, 9.17) is 5.11 Å². The van der Waals surface area contributed by atoms with Gasteiger partial charge in [-0.2, -0.15) is 0 Å². The number of hydrogen-bond acceptors (Lipinski definition) is 5. The van der Waals surface area contributed by atoms with Crippen molar-refractivity contribution in [1.82, 2.24) is 4.72 Å². The third kappa shape index (κ3) is 3.87. The molecule has 0 atom stereocenters. The van der Waals surface area contributed by atoms with Crippen molar-refractivity contribution in [2.75, 3.05) is 0 Å². The standard InChI is InChI=1S/C10H9Br2NO3S3/c11-9-2-1-6(17-9)4-13-19(15,16)8-3-7(5-14)18-10(8)12/h1-3,13-14H,4-5H2. The van der Waals surface area contributed by atoms with Crippen LogP contribution in [-0.2, 0) is 23.2 Å². The molecule has 104 valence electrons. The lowest BCUT2D eigenvalue weighted by molar-refractivity contribution is 0.285. The fourth-order valence-corrected chi connectivity index (χ4v) is 6.41. The smallest absolute Gasteiger partial charge is 0.242 e. The van der Waals surface area contributed by atoms with E-state index >= 15 is 0 Å². The molecule has 0 aromatic carbocycles. The van der Waals surface area contributed by atoms with Gasteiger partial charge in [0.25, 0.3) is 0 Å². The predicted octanol–water partition coefficient (Wildman–Crippen LogP) is 3.31. The average Bonchev–Trinajstić information content (AvgIpc) is 2.93. The molecular weight excluding hydrogens is 438 g/mol. The molecule has 9 heteroatoms. The number of sulfonamides is 1. The van der Waals surface area contributed by atoms with E-state index in [0.29, 0.717) is 8.66 Å². The summed E-state index contributed by atoms with van der Waals surface area (Å²) in [7, 11) is -3.58. The van der Waals surface area contributed by atoms with Gasteiger partial charge in [-0.05, 0) is 50.1 Å². The number of nitrogens with one attached hydrogen (secondary N) is 1. The van der Waals surface area contributed by atoms with Gasteiger partial charge in [0, 0.05) is 16.3 Å². The highest BCUT2D eigenvalue weighted by Crippen LogP contribution is 2.32. The molecule has 19 heavy (non-hydrogen) atoms. The van der Waals surface area contributed by atoms with Crippen molar-refractivity contribution < 1.29 is 13.5 Å². The zero-order chi connectivity index (χ0) is 14.0. The summed E-state index contributed by atoms with van der Waals surface area (Å²) in [5, 5.41) is 9.02. The first kappa shape index (κ1) is 15.6. The molecule has 0 spiro atoms. The molecule has 0 saturated heterocycles. The van der Waals surface area contributed by atoms with Gasteiger partial charge in [0.1, 0.15) is 4.90 Å². The first-order chi connectivity index (χ1) is 8.92. The summed E-state index contributed by atoms with van der Waals surface area (Å²) in [4.78, 5) is 1.69. The third-order valence-electron chi connectivity index (χ3n) is 2.22. The number of thiophene rings is 2. The van der Waals surface area contributed by atoms with E-state index in [1.807, 2.05) is 12.1 Å². The minimum Gasteiger partial charge on any atom is -0.391 e. The number of halogens is 2. The third-order valence-corrected chi connectivity index (χ3v) is 7.48. The van der Waals surface area contributed by atoms with Crippen molar-refractivity contribution in [3.05, 3.63) is 35.5 Å². The molecule has 4 nitrogen and oxygen atoms in total. The normalized spacial score (nSPS) is 11.9. The van der Waals surface area contributed by atoms with Gasteiger partial charge in [0.2, 0.25) is 10.0 Å². The summed E-state index contributed by atoms with van der Waals surface area (Å²) in [6, 6.07) is 5.21. The Hall–Kier alpha value is 0.230. The summed E-state index contributed by atoms with van der Waals surface area (Å²) in [6.45, 7) is 0.0754. The Morgan fingerprint density at radius 1 is 1.21 bits per heavy atom. The molecule has 0 amide bonds. The van der Waals surface area contributed by atoms with Crippen molar-refractivity contribution in [3.8, 4) is 0 Å². The summed E-state index contributed by atoms with van der Waals surface area (Å²) in [5.74, 6) is 0. The van der Waals surface area contributed by atoms with E-state index in [1.54, 1.807) is 0 Å². The van der Waals surface area contributed by atoms with Crippen molar-refractivity contribution in [2.24, 2.45) is 0 Å². The Morgan fingerprint density at radius 2 is 1.95 bits per heavy atom. The fraction of sp³-hybridized carbons (Fsp3) is 0.200. The lowest BCUT2D eigenvalue weighted by Gasteiger charge is -2.04. The molecule has 2 aromatic heterocycles. The van der Waals surface area contributed by atoms with Gasteiger partial charge in [0.05, 0.1) is 14.2 Å². The van der Waals surface area contributed by atoms with Crippen molar-refractivity contribution in [1.29, 1.82) is 0 Å². The van der Waals surface area contributed by atoms with Crippen LogP contribution in [0.1, 0.15) is 9.75 Å². The Kier molecular flexibility index (Phi) is 5.21. The van der Waals surface area contributed by atoms with Crippen molar-refractivity contribution >= 4 is 64.6 Å². The van der Waals surface area contributed by atoms with E-state index < -0.39 is 10.0 Å². The maximum absolute atomic E-state index is 12.1. The minimum absolute atomic E-state index is 0.164. The van der Waals surface area contributed by atoms with Crippen LogP contribution in [0.4, 0.5) is 0 Å². The van der Waals surface area contributed by atoms with Crippen molar-refractivity contribution in [2.45, 2.75) is 18.0 Å². The van der Waals surface area contributed by atoms with Gasteiger partial charge in [0.15, 0.2) is 0 Å². The van der Waals surface area contributed by atoms with Gasteiger partial charge in [-0.25, -0.2) is 13.1 Å². The molecule has 0 fully saturated rings. The molecule has 0 bridgehead atoms. The Labute approximate surface area is 135 Å². The van der Waals surface area contributed by atoms with Gasteiger partial charge in [-0.3, -0.25) is 0 Å². The predicted molar refractivity (Wildman–Crippen MR) is 84.0 cm³/mol. The Balaban J connectivity index is 2.15. The van der Waals surface area contributed by atoms with Crippen LogP contribution in [-0.4, -0.2) is 13.5 Å². The number of aliphatic hydroxyl groups is 1. The van der Waals surface area contributed by atoms with Crippen LogP contribution in [0.15, 0.2) is 30.7 Å². The Morgan fingerprint density at radius 3 is 2.47 bits per heavy atom. The van der Waals surface area contributed by atoms with Crippen LogP contribution >= 0.6 is 54.5 Å². The van der Waals surface area contributed by atoms with E-state index in [2.05, 4.69) is 36.6 Å². The van der Waals surface area contributed by atoms with Crippen molar-refractivity contribution in [3.63, 3.8) is 0 Å². The second-order valence-corrected chi connectivity index (χ2v) is 10.3. The Bertz CT molecular complexity index is 678. The summed E-state index contributed by atoms with van der Waals surface area (Å²) >= 11 is 9.22. The molecule has 2 N–H and O–H groups in total. The molecule has 0 radical (unpaired) electrons. The summed E-state index contributed by atoms with van der Waals surface area (Å²) in [6.07, 6.45) is 0. The van der Waals surface area contributed by atoms with Crippen LogP contribution < -0.4 is 4.72 Å². The molecule has 0 unspecified atom stereocenters. The van der Waals surface area contributed by atoms with E-state index in [-0.39, 0.29) is 18.0 Å². The maximum atomic E-state index is 12.1. The highest BCUT2D eigenvalue weighted by Gasteiger charge is 2.20. The van der Waals surface area contributed by atoms with Gasteiger partial charge >= 0.3 is 0 Å². The molecule has 2 rings (SSSR count). The zero-order valence-corrected chi connectivity index (χ0v) is 15.0. The number of aliphatic hydroxyl groups excluding tert-OH is 1. The van der Waals surface area contributed by atoms with Gasteiger partial charge in [-0.15, -0.1) is 22.7 Å². The largest absolute Gasteiger partial charge is 0.391 e. The first-order valence-corrected chi connectivity index (χ1v) is 9.75. The van der Waals surface area contributed by atoms with Crippen LogP contribution in [0, 0.1) is 0 Å². The van der Waals surface area contributed by atoms with E-state index in [9.17, 15) is 8.42 Å². The lowest BCUT2D eigenvalue weighted by atomic mass is 10.5. The lowest BCUT2D eigenvalue weighted by Crippen LogP contribution is -2.22. The monoisotopic (exact) mass is 445 g/mol. The molecule has 0 aliphatic rings. The fourth-order valence-electron chi connectivity index (χ4n) is 1.35. The molecule has 2 heterocycles. The van der Waals surface area contributed by atoms with Crippen LogP contribution in [0.2, 0.25) is 0 Å². The van der Waals surface area contributed by atoms with E-state index in [1.165, 1.54) is 28.7 Å². The quantitative estimate of drug-likeness (QED) is 0.740. The molecule has 0 aliphatic carbocycles. The molecule has 0 saturated carbocycles. The highest BCUT2D eigenvalue weighted by atomic mass is 79.9. The number of hydrogen-bond donors (Lipinski definition) is 2. The van der Waals surface area contributed by atoms with Gasteiger partial charge < -0.3 is 5.11 Å². The highest BCUT2D eigenvalue weighted by molar-refractivity contribution is 9.11. The number of rotatable bonds is 5. The zero-order valence-electron chi connectivity index (χ0n) is 9.39. The molecule has 2 aromatic rings. The molecular formula is C10H9Br2NO3S3. The topological polar surface area (TPSA) is 66.4 Å².